The monoisotopic (exact) mass is 388 g/mol. The molecule has 9 heteroatoms. The number of aliphatic hydroxyl groups is 5. The molecule has 0 amide bonds. The van der Waals surface area contributed by atoms with Crippen LogP contribution >= 0.6 is 0 Å². The summed E-state index contributed by atoms with van der Waals surface area (Å²) in [7, 11) is 0. The lowest BCUT2D eigenvalue weighted by Gasteiger charge is -2.25. The second-order valence-electron chi connectivity index (χ2n) is 5.93. The molecule has 0 aliphatic rings. The molecule has 7 N–H and O–H groups in total. The highest BCUT2D eigenvalue weighted by molar-refractivity contribution is 6.33. The van der Waals surface area contributed by atoms with Gasteiger partial charge in [-0.1, -0.05) is 36.4 Å². The highest BCUT2D eigenvalue weighted by Crippen LogP contribution is 2.09. The molecule has 4 unspecified atom stereocenters. The van der Waals surface area contributed by atoms with Crippen molar-refractivity contribution in [2.24, 2.45) is 10.2 Å². The third-order valence-corrected chi connectivity index (χ3v) is 3.81. The molecule has 0 spiro atoms. The minimum atomic E-state index is -1.80. The van der Waals surface area contributed by atoms with Crippen LogP contribution < -0.4 is 10.9 Å². The molecule has 0 saturated carbocycles. The molecule has 0 heterocycles. The van der Waals surface area contributed by atoms with Crippen molar-refractivity contribution in [3.8, 4) is 0 Å². The molecular formula is C19H24N4O5. The summed E-state index contributed by atoms with van der Waals surface area (Å²) < 4.78 is 0. The molecule has 4 atom stereocenters. The first kappa shape index (κ1) is 21.5. The summed E-state index contributed by atoms with van der Waals surface area (Å²) in [6, 6.07) is 17.9. The number of para-hydroxylation sites is 2. The summed E-state index contributed by atoms with van der Waals surface area (Å²) in [5.41, 5.74) is 6.68. The second kappa shape index (κ2) is 11.1. The zero-order valence-electron chi connectivity index (χ0n) is 15.0. The number of nitrogens with zero attached hydrogens (tertiary/aromatic N) is 2. The molecule has 28 heavy (non-hydrogen) atoms. The van der Waals surface area contributed by atoms with Crippen LogP contribution in [0.1, 0.15) is 0 Å². The lowest BCUT2D eigenvalue weighted by atomic mass is 10.0. The van der Waals surface area contributed by atoms with Crippen LogP contribution in [0.15, 0.2) is 70.9 Å². The highest BCUT2D eigenvalue weighted by atomic mass is 16.4. The van der Waals surface area contributed by atoms with Gasteiger partial charge in [0.15, 0.2) is 0 Å². The van der Waals surface area contributed by atoms with Gasteiger partial charge in [0.25, 0.3) is 0 Å². The third kappa shape index (κ3) is 6.41. The summed E-state index contributed by atoms with van der Waals surface area (Å²) in [6.45, 7) is -0.774. The van der Waals surface area contributed by atoms with E-state index in [1.54, 1.807) is 36.4 Å². The van der Waals surface area contributed by atoms with Crippen LogP contribution in [0.5, 0.6) is 0 Å². The minimum Gasteiger partial charge on any atom is -0.394 e. The lowest BCUT2D eigenvalue weighted by molar-refractivity contribution is -0.100. The van der Waals surface area contributed by atoms with Gasteiger partial charge in [0.2, 0.25) is 0 Å². The average molecular weight is 388 g/mol. The first-order valence-corrected chi connectivity index (χ1v) is 8.59. The van der Waals surface area contributed by atoms with Crippen LogP contribution in [0.25, 0.3) is 0 Å². The minimum absolute atomic E-state index is 0.107. The molecule has 150 valence electrons. The third-order valence-electron chi connectivity index (χ3n) is 3.81. The Balaban J connectivity index is 2.16. The standard InChI is InChI=1S/C19H24N4O5/c24-12-16(25)18(27)19(28)17(26)15(23-22-14-9-5-2-6-10-14)11-20-21-13-7-3-1-4-8-13/h1-11,16-19,21-22,24-28H,12H2/b20-11-,23-15+. The first-order chi connectivity index (χ1) is 13.5. The van der Waals surface area contributed by atoms with Crippen molar-refractivity contribution in [3.05, 3.63) is 60.7 Å². The average Bonchev–Trinajstić information content (AvgIpc) is 2.75. The van der Waals surface area contributed by atoms with Gasteiger partial charge in [0.05, 0.1) is 24.2 Å². The molecule has 0 aliphatic heterocycles. The second-order valence-corrected chi connectivity index (χ2v) is 5.93. The van der Waals surface area contributed by atoms with Crippen LogP contribution in [-0.4, -0.2) is 68.5 Å². The van der Waals surface area contributed by atoms with Crippen LogP contribution in [0.3, 0.4) is 0 Å². The maximum absolute atomic E-state index is 10.4. The summed E-state index contributed by atoms with van der Waals surface area (Å²) >= 11 is 0. The van der Waals surface area contributed by atoms with Gasteiger partial charge >= 0.3 is 0 Å². The number of hydrogen-bond acceptors (Lipinski definition) is 9. The molecule has 0 saturated heterocycles. The van der Waals surface area contributed by atoms with E-state index in [1.807, 2.05) is 24.3 Å². The van der Waals surface area contributed by atoms with E-state index in [2.05, 4.69) is 21.1 Å². The molecule has 0 fully saturated rings. The number of aliphatic hydroxyl groups excluding tert-OH is 5. The number of rotatable bonds is 10. The van der Waals surface area contributed by atoms with Gasteiger partial charge in [0.1, 0.15) is 30.1 Å². The maximum atomic E-state index is 10.4. The van der Waals surface area contributed by atoms with E-state index in [0.29, 0.717) is 11.4 Å². The fraction of sp³-hybridized carbons (Fsp3) is 0.263. The van der Waals surface area contributed by atoms with Crippen molar-refractivity contribution in [2.75, 3.05) is 17.5 Å². The van der Waals surface area contributed by atoms with Crippen LogP contribution in [-0.2, 0) is 0 Å². The van der Waals surface area contributed by atoms with Gasteiger partial charge in [-0.2, -0.15) is 10.2 Å². The largest absolute Gasteiger partial charge is 0.394 e. The number of hydrazone groups is 2. The number of hydrogen-bond donors (Lipinski definition) is 7. The van der Waals surface area contributed by atoms with Crippen molar-refractivity contribution in [1.29, 1.82) is 0 Å². The van der Waals surface area contributed by atoms with Gasteiger partial charge in [0, 0.05) is 0 Å². The van der Waals surface area contributed by atoms with E-state index in [0.717, 1.165) is 0 Å². The zero-order chi connectivity index (χ0) is 20.4. The Bertz CT molecular complexity index is 757. The van der Waals surface area contributed by atoms with Crippen molar-refractivity contribution in [2.45, 2.75) is 24.4 Å². The summed E-state index contributed by atoms with van der Waals surface area (Å²) in [4.78, 5) is 0. The van der Waals surface area contributed by atoms with Gasteiger partial charge in [-0.15, -0.1) is 0 Å². The molecular weight excluding hydrogens is 364 g/mol. The predicted octanol–water partition coefficient (Wildman–Crippen LogP) is -0.0117. The van der Waals surface area contributed by atoms with Crippen LogP contribution in [0.2, 0.25) is 0 Å². The van der Waals surface area contributed by atoms with Crippen molar-refractivity contribution >= 4 is 23.3 Å². The Kier molecular flexibility index (Phi) is 8.53. The number of benzene rings is 2. The maximum Gasteiger partial charge on any atom is 0.128 e. The van der Waals surface area contributed by atoms with Gasteiger partial charge in [-0.25, -0.2) is 0 Å². The molecule has 2 aromatic carbocycles. The van der Waals surface area contributed by atoms with E-state index < -0.39 is 31.0 Å². The quantitative estimate of drug-likeness (QED) is 0.223. The Morgan fingerprint density at radius 2 is 1.36 bits per heavy atom. The molecule has 2 aromatic rings. The Morgan fingerprint density at radius 3 is 1.89 bits per heavy atom. The molecule has 2 rings (SSSR count). The number of anilines is 2. The van der Waals surface area contributed by atoms with E-state index in [4.69, 9.17) is 5.11 Å². The normalized spacial score (nSPS) is 16.4. The van der Waals surface area contributed by atoms with E-state index >= 15 is 0 Å². The Hall–Kier alpha value is -2.82. The SMILES string of the molecule is OCC(O)C(O)C(O)C(O)C(/C=N\Nc1ccccc1)=N/Nc1ccccc1. The van der Waals surface area contributed by atoms with Gasteiger partial charge < -0.3 is 25.5 Å². The molecule has 0 radical (unpaired) electrons. The van der Waals surface area contributed by atoms with Gasteiger partial charge in [-0.3, -0.25) is 10.9 Å². The Morgan fingerprint density at radius 1 is 0.821 bits per heavy atom. The molecule has 0 aromatic heterocycles. The lowest BCUT2D eigenvalue weighted by Crippen LogP contribution is -2.49. The van der Waals surface area contributed by atoms with Crippen molar-refractivity contribution in [3.63, 3.8) is 0 Å². The van der Waals surface area contributed by atoms with Crippen LogP contribution in [0.4, 0.5) is 11.4 Å². The summed E-state index contributed by atoms with van der Waals surface area (Å²) in [5, 5.41) is 56.7. The van der Waals surface area contributed by atoms with Crippen LogP contribution in [0, 0.1) is 0 Å². The molecule has 9 nitrogen and oxygen atoms in total. The van der Waals surface area contributed by atoms with E-state index in [9.17, 15) is 20.4 Å². The first-order valence-electron chi connectivity index (χ1n) is 8.59. The summed E-state index contributed by atoms with van der Waals surface area (Å²) in [6.07, 6.45) is -5.71. The topological polar surface area (TPSA) is 150 Å². The Labute approximate surface area is 162 Å². The predicted molar refractivity (Wildman–Crippen MR) is 107 cm³/mol. The number of nitrogens with one attached hydrogen (secondary N) is 2. The molecule has 0 aliphatic carbocycles. The van der Waals surface area contributed by atoms with Crippen molar-refractivity contribution < 1.29 is 25.5 Å². The highest BCUT2D eigenvalue weighted by Gasteiger charge is 2.32. The van der Waals surface area contributed by atoms with E-state index in [1.165, 1.54) is 6.21 Å². The fourth-order valence-corrected chi connectivity index (χ4v) is 2.20. The fourth-order valence-electron chi connectivity index (χ4n) is 2.20. The smallest absolute Gasteiger partial charge is 0.128 e. The molecule has 0 bridgehead atoms. The van der Waals surface area contributed by atoms with Gasteiger partial charge in [-0.05, 0) is 24.3 Å². The van der Waals surface area contributed by atoms with Crippen molar-refractivity contribution in [1.82, 2.24) is 0 Å². The summed E-state index contributed by atoms with van der Waals surface area (Å²) in [5.74, 6) is 0. The van der Waals surface area contributed by atoms with E-state index in [-0.39, 0.29) is 5.71 Å². The zero-order valence-corrected chi connectivity index (χ0v) is 15.0.